The van der Waals surface area contributed by atoms with E-state index in [0.29, 0.717) is 29.2 Å². The highest BCUT2D eigenvalue weighted by Crippen LogP contribution is 2.54. The van der Waals surface area contributed by atoms with Gasteiger partial charge in [-0.15, -0.1) is 0 Å². The summed E-state index contributed by atoms with van der Waals surface area (Å²) in [6, 6.07) is 15.0. The van der Waals surface area contributed by atoms with E-state index in [4.69, 9.17) is 4.74 Å². The first kappa shape index (κ1) is 18.7. The van der Waals surface area contributed by atoms with Crippen LogP contribution in [0, 0.1) is 17.6 Å². The zero-order valence-electron chi connectivity index (χ0n) is 16.6. The van der Waals surface area contributed by atoms with Crippen LogP contribution >= 0.6 is 0 Å². The molecule has 3 heterocycles. The molecule has 3 aliphatic heterocycles. The molecule has 156 valence electrons. The number of carbonyl (C=O) groups excluding carboxylic acids is 1. The topological polar surface area (TPSA) is 50.4 Å². The molecule has 0 unspecified atom stereocenters. The summed E-state index contributed by atoms with van der Waals surface area (Å²) in [6.45, 7) is 2.55. The smallest absolute Gasteiger partial charge is 0.251 e. The number of amides is 1. The van der Waals surface area contributed by atoms with Crippen LogP contribution in [0.3, 0.4) is 0 Å². The van der Waals surface area contributed by atoms with Gasteiger partial charge in [-0.3, -0.25) is 4.79 Å². The van der Waals surface area contributed by atoms with Crippen molar-refractivity contribution in [3.05, 3.63) is 94.0 Å². The van der Waals surface area contributed by atoms with E-state index in [1.165, 1.54) is 12.1 Å². The summed E-state index contributed by atoms with van der Waals surface area (Å²) >= 11 is 0. The Hall–Kier alpha value is -3.09. The number of hydrogen-bond acceptors (Lipinski definition) is 3. The summed E-state index contributed by atoms with van der Waals surface area (Å²) in [5.41, 5.74) is 5.72. The molecule has 2 N–H and O–H groups in total. The summed E-state index contributed by atoms with van der Waals surface area (Å²) in [7, 11) is 0. The number of hydrogen-bond donors (Lipinski definition) is 2. The second-order valence-corrected chi connectivity index (χ2v) is 8.44. The Kier molecular flexibility index (Phi) is 4.20. The molecule has 1 saturated heterocycles. The normalized spacial score (nSPS) is 20.8. The van der Waals surface area contributed by atoms with E-state index in [1.54, 1.807) is 0 Å². The predicted molar refractivity (Wildman–Crippen MR) is 112 cm³/mol. The van der Waals surface area contributed by atoms with Crippen LogP contribution in [0.15, 0.2) is 54.6 Å². The van der Waals surface area contributed by atoms with Gasteiger partial charge < -0.3 is 15.4 Å². The van der Waals surface area contributed by atoms with Gasteiger partial charge in [-0.2, -0.15) is 0 Å². The molecule has 3 aromatic rings. The number of nitrogens with one attached hydrogen (secondary N) is 2. The minimum absolute atomic E-state index is 0.0835. The van der Waals surface area contributed by atoms with Crippen LogP contribution in [0.4, 0.5) is 8.78 Å². The summed E-state index contributed by atoms with van der Waals surface area (Å²) in [4.78, 5) is 12.6. The number of fused-ring (bicyclic) bond motifs is 8. The highest BCUT2D eigenvalue weighted by molar-refractivity contribution is 5.94. The lowest BCUT2D eigenvalue weighted by Gasteiger charge is -2.27. The molecule has 2 atom stereocenters. The Bertz CT molecular complexity index is 1220. The fourth-order valence-electron chi connectivity index (χ4n) is 4.71. The van der Waals surface area contributed by atoms with E-state index in [9.17, 15) is 13.6 Å². The van der Waals surface area contributed by atoms with Gasteiger partial charge >= 0.3 is 0 Å². The molecule has 1 fully saturated rings. The van der Waals surface area contributed by atoms with Crippen LogP contribution < -0.4 is 10.6 Å². The van der Waals surface area contributed by atoms with E-state index in [2.05, 4.69) is 10.6 Å². The van der Waals surface area contributed by atoms with Crippen molar-refractivity contribution in [1.29, 1.82) is 0 Å². The SMILES string of the molecule is O=C(NCC1CNC1)c1ccc2c(c1)[C@@H]1O[C@H]2c2ccc(-c3ccc(F)cc3F)cc21. The second kappa shape index (κ2) is 6.97. The molecule has 0 aromatic heterocycles. The van der Waals surface area contributed by atoms with Crippen LogP contribution in [0.1, 0.15) is 44.8 Å². The number of ether oxygens (including phenoxy) is 1. The standard InChI is InChI=1S/C25H20F2N2O2/c26-16-3-6-17(22(27)9-16)14-1-4-18-20(7-14)24-21-8-15(2-5-19(21)23(18)31-24)25(30)29-12-13-10-28-11-13/h1-9,13,23-24,28H,10-12H2,(H,29,30)/t23-,24+/m0/s1. The number of halogens is 2. The zero-order valence-corrected chi connectivity index (χ0v) is 16.6. The molecule has 3 aliphatic rings. The Labute approximate surface area is 178 Å². The molecular formula is C25H20F2N2O2. The number of benzene rings is 3. The molecule has 2 bridgehead atoms. The van der Waals surface area contributed by atoms with Gasteiger partial charge in [-0.25, -0.2) is 8.78 Å². The van der Waals surface area contributed by atoms with E-state index in [-0.39, 0.29) is 18.1 Å². The average Bonchev–Trinajstić information content (AvgIpc) is 3.29. The molecular weight excluding hydrogens is 398 g/mol. The predicted octanol–water partition coefficient (Wildman–Crippen LogP) is 4.10. The molecule has 3 aromatic carbocycles. The first-order valence-electron chi connectivity index (χ1n) is 10.5. The highest BCUT2D eigenvalue weighted by Gasteiger charge is 2.43. The van der Waals surface area contributed by atoms with E-state index >= 15 is 0 Å². The van der Waals surface area contributed by atoms with Gasteiger partial charge in [0.15, 0.2) is 0 Å². The zero-order chi connectivity index (χ0) is 21.1. The first-order chi connectivity index (χ1) is 15.1. The molecule has 1 amide bonds. The summed E-state index contributed by atoms with van der Waals surface area (Å²) < 4.78 is 33.8. The van der Waals surface area contributed by atoms with Gasteiger partial charge in [0.1, 0.15) is 23.8 Å². The van der Waals surface area contributed by atoms with Crippen molar-refractivity contribution in [3.8, 4) is 11.1 Å². The third-order valence-electron chi connectivity index (χ3n) is 6.50. The average molecular weight is 418 g/mol. The Balaban J connectivity index is 1.31. The van der Waals surface area contributed by atoms with Crippen LogP contribution in [0.5, 0.6) is 0 Å². The summed E-state index contributed by atoms with van der Waals surface area (Å²) in [5, 5.41) is 6.20. The van der Waals surface area contributed by atoms with Crippen LogP contribution in [-0.2, 0) is 4.74 Å². The van der Waals surface area contributed by atoms with Gasteiger partial charge in [0, 0.05) is 42.7 Å². The Morgan fingerprint density at radius 2 is 1.68 bits per heavy atom. The fraction of sp³-hybridized carbons (Fsp3) is 0.240. The van der Waals surface area contributed by atoms with E-state index in [0.717, 1.165) is 41.4 Å². The Morgan fingerprint density at radius 3 is 2.42 bits per heavy atom. The van der Waals surface area contributed by atoms with Crippen molar-refractivity contribution in [3.63, 3.8) is 0 Å². The maximum atomic E-state index is 14.3. The second-order valence-electron chi connectivity index (χ2n) is 8.44. The minimum Gasteiger partial charge on any atom is -0.356 e. The number of carbonyl (C=O) groups is 1. The van der Waals surface area contributed by atoms with Crippen molar-refractivity contribution >= 4 is 5.91 Å². The van der Waals surface area contributed by atoms with Gasteiger partial charge in [-0.05, 0) is 58.1 Å². The molecule has 31 heavy (non-hydrogen) atoms. The third-order valence-corrected chi connectivity index (χ3v) is 6.50. The van der Waals surface area contributed by atoms with Crippen molar-refractivity contribution < 1.29 is 18.3 Å². The number of rotatable bonds is 4. The molecule has 0 saturated carbocycles. The lowest BCUT2D eigenvalue weighted by atomic mass is 9.83. The summed E-state index contributed by atoms with van der Waals surface area (Å²) in [6.07, 6.45) is -0.470. The monoisotopic (exact) mass is 418 g/mol. The fourth-order valence-corrected chi connectivity index (χ4v) is 4.71. The maximum Gasteiger partial charge on any atom is 0.251 e. The van der Waals surface area contributed by atoms with Gasteiger partial charge in [0.2, 0.25) is 0 Å². The molecule has 0 aliphatic carbocycles. The largest absolute Gasteiger partial charge is 0.356 e. The summed E-state index contributed by atoms with van der Waals surface area (Å²) in [5.74, 6) is -0.780. The van der Waals surface area contributed by atoms with Crippen LogP contribution in [0.25, 0.3) is 11.1 Å². The highest BCUT2D eigenvalue weighted by atomic mass is 19.1. The first-order valence-corrected chi connectivity index (χ1v) is 10.5. The van der Waals surface area contributed by atoms with Crippen molar-refractivity contribution in [2.24, 2.45) is 5.92 Å². The Morgan fingerprint density at radius 1 is 0.935 bits per heavy atom. The van der Waals surface area contributed by atoms with E-state index < -0.39 is 11.6 Å². The molecule has 4 nitrogen and oxygen atoms in total. The molecule has 6 heteroatoms. The molecule has 0 spiro atoms. The van der Waals surface area contributed by atoms with Crippen molar-refractivity contribution in [2.45, 2.75) is 12.2 Å². The lowest BCUT2D eigenvalue weighted by molar-refractivity contribution is 0.0857. The van der Waals surface area contributed by atoms with Crippen LogP contribution in [-0.4, -0.2) is 25.5 Å². The van der Waals surface area contributed by atoms with Gasteiger partial charge in [-0.1, -0.05) is 18.2 Å². The van der Waals surface area contributed by atoms with E-state index in [1.807, 2.05) is 36.4 Å². The third kappa shape index (κ3) is 2.98. The van der Waals surface area contributed by atoms with Crippen LogP contribution in [0.2, 0.25) is 0 Å². The molecule has 6 rings (SSSR count). The maximum absolute atomic E-state index is 14.3. The lowest BCUT2D eigenvalue weighted by Crippen LogP contribution is -2.48. The molecule has 0 radical (unpaired) electrons. The van der Waals surface area contributed by atoms with Crippen molar-refractivity contribution in [1.82, 2.24) is 10.6 Å². The minimum atomic E-state index is -0.599. The van der Waals surface area contributed by atoms with Crippen molar-refractivity contribution in [2.75, 3.05) is 19.6 Å². The van der Waals surface area contributed by atoms with Gasteiger partial charge in [0.25, 0.3) is 5.91 Å². The quantitative estimate of drug-likeness (QED) is 0.671. The van der Waals surface area contributed by atoms with Gasteiger partial charge in [0.05, 0.1) is 0 Å².